The maximum absolute atomic E-state index is 12.9. The highest BCUT2D eigenvalue weighted by atomic mass is 16.5. The van der Waals surface area contributed by atoms with E-state index in [0.29, 0.717) is 23.8 Å². The number of ether oxygens (including phenoxy) is 2. The van der Waals surface area contributed by atoms with Crippen LogP contribution in [0.4, 0.5) is 4.79 Å². The maximum Gasteiger partial charge on any atom is 0.338 e. The molecule has 1 aromatic carbocycles. The fourth-order valence-corrected chi connectivity index (χ4v) is 3.70. The number of carbonyl (C=O) groups is 2. The second-order valence-corrected chi connectivity index (χ2v) is 7.36. The highest BCUT2D eigenvalue weighted by Gasteiger charge is 2.34. The molecule has 1 fully saturated rings. The number of urea groups is 1. The quantitative estimate of drug-likeness (QED) is 0.770. The average Bonchev–Trinajstić information content (AvgIpc) is 2.64. The molecule has 146 valence electrons. The second kappa shape index (κ2) is 8.46. The fraction of sp³-hybridized carbons (Fsp3) is 0.524. The van der Waals surface area contributed by atoms with Gasteiger partial charge in [0.25, 0.3) is 0 Å². The Hall–Kier alpha value is -2.50. The lowest BCUT2D eigenvalue weighted by atomic mass is 9.89. The van der Waals surface area contributed by atoms with Crippen LogP contribution in [0.15, 0.2) is 35.5 Å². The van der Waals surface area contributed by atoms with Gasteiger partial charge in [0, 0.05) is 5.70 Å². The van der Waals surface area contributed by atoms with E-state index in [2.05, 4.69) is 17.6 Å². The van der Waals surface area contributed by atoms with Gasteiger partial charge in [-0.15, -0.1) is 0 Å². The van der Waals surface area contributed by atoms with Gasteiger partial charge < -0.3 is 20.1 Å². The summed E-state index contributed by atoms with van der Waals surface area (Å²) in [7, 11) is 0. The van der Waals surface area contributed by atoms with Crippen molar-refractivity contribution in [1.29, 1.82) is 0 Å². The molecule has 2 amide bonds. The predicted molar refractivity (Wildman–Crippen MR) is 102 cm³/mol. The molecule has 1 atom stereocenters. The van der Waals surface area contributed by atoms with Crippen molar-refractivity contribution in [2.24, 2.45) is 5.92 Å². The van der Waals surface area contributed by atoms with Crippen LogP contribution in [0.25, 0.3) is 0 Å². The number of benzene rings is 1. The summed E-state index contributed by atoms with van der Waals surface area (Å²) in [6.45, 7) is 6.47. The first kappa shape index (κ1) is 19.3. The summed E-state index contributed by atoms with van der Waals surface area (Å²) in [6, 6.07) is 6.55. The minimum atomic E-state index is -0.538. The molecule has 6 nitrogen and oxygen atoms in total. The van der Waals surface area contributed by atoms with Crippen molar-refractivity contribution in [3.05, 3.63) is 41.1 Å². The number of nitrogens with one attached hydrogen (secondary N) is 2. The Labute approximate surface area is 160 Å². The van der Waals surface area contributed by atoms with E-state index in [9.17, 15) is 9.59 Å². The molecule has 2 N–H and O–H groups in total. The molecule has 3 rings (SSSR count). The molecule has 1 aliphatic heterocycles. The summed E-state index contributed by atoms with van der Waals surface area (Å²) >= 11 is 0. The van der Waals surface area contributed by atoms with Crippen molar-refractivity contribution in [3.8, 4) is 5.75 Å². The van der Waals surface area contributed by atoms with Crippen molar-refractivity contribution in [3.63, 3.8) is 0 Å². The monoisotopic (exact) mass is 372 g/mol. The Morgan fingerprint density at radius 3 is 2.44 bits per heavy atom. The van der Waals surface area contributed by atoms with Crippen LogP contribution >= 0.6 is 0 Å². The zero-order valence-corrected chi connectivity index (χ0v) is 16.2. The topological polar surface area (TPSA) is 76.7 Å². The maximum atomic E-state index is 12.9. The summed E-state index contributed by atoms with van der Waals surface area (Å²) in [5, 5.41) is 5.53. The molecule has 27 heavy (non-hydrogen) atoms. The molecule has 1 saturated carbocycles. The molecule has 0 bridgehead atoms. The van der Waals surface area contributed by atoms with Gasteiger partial charge in [-0.05, 0) is 63.1 Å². The van der Waals surface area contributed by atoms with Crippen molar-refractivity contribution < 1.29 is 19.1 Å². The van der Waals surface area contributed by atoms with Crippen LogP contribution < -0.4 is 15.4 Å². The van der Waals surface area contributed by atoms with Crippen LogP contribution in [0, 0.1) is 5.92 Å². The number of rotatable bonds is 5. The van der Waals surface area contributed by atoms with Gasteiger partial charge in [0.15, 0.2) is 0 Å². The lowest BCUT2D eigenvalue weighted by molar-refractivity contribution is -0.146. The molecule has 0 aromatic heterocycles. The van der Waals surface area contributed by atoms with Gasteiger partial charge in [0.1, 0.15) is 11.9 Å². The molecule has 0 saturated heterocycles. The second-order valence-electron chi connectivity index (χ2n) is 7.36. The Bertz CT molecular complexity index is 718. The highest BCUT2D eigenvalue weighted by molar-refractivity contribution is 5.95. The third-order valence-electron chi connectivity index (χ3n) is 5.25. The molecule has 0 radical (unpaired) electrons. The van der Waals surface area contributed by atoms with Crippen LogP contribution in [0.1, 0.15) is 58.1 Å². The van der Waals surface area contributed by atoms with E-state index in [1.807, 2.05) is 31.2 Å². The lowest BCUT2D eigenvalue weighted by Crippen LogP contribution is -2.45. The van der Waals surface area contributed by atoms with Gasteiger partial charge in [-0.3, -0.25) is 0 Å². The van der Waals surface area contributed by atoms with Crippen LogP contribution in [-0.4, -0.2) is 24.7 Å². The zero-order chi connectivity index (χ0) is 19.4. The minimum absolute atomic E-state index is 0.0485. The number of hydrogen-bond donors (Lipinski definition) is 2. The van der Waals surface area contributed by atoms with Crippen LogP contribution in [0.3, 0.4) is 0 Å². The number of carbonyl (C=O) groups excluding carboxylic acids is 2. The molecule has 1 aliphatic carbocycles. The third-order valence-corrected chi connectivity index (χ3v) is 5.25. The van der Waals surface area contributed by atoms with Gasteiger partial charge in [0.05, 0.1) is 18.2 Å². The van der Waals surface area contributed by atoms with E-state index in [4.69, 9.17) is 9.47 Å². The highest BCUT2D eigenvalue weighted by Crippen LogP contribution is 2.31. The van der Waals surface area contributed by atoms with E-state index in [1.165, 1.54) is 0 Å². The Morgan fingerprint density at radius 2 is 1.81 bits per heavy atom. The minimum Gasteiger partial charge on any atom is -0.494 e. The van der Waals surface area contributed by atoms with E-state index < -0.39 is 6.04 Å². The average molecular weight is 372 g/mol. The summed E-state index contributed by atoms with van der Waals surface area (Å²) in [4.78, 5) is 24.9. The first-order valence-corrected chi connectivity index (χ1v) is 9.70. The largest absolute Gasteiger partial charge is 0.494 e. The molecule has 1 heterocycles. The van der Waals surface area contributed by atoms with Gasteiger partial charge in [0.2, 0.25) is 0 Å². The lowest BCUT2D eigenvalue weighted by Gasteiger charge is -2.31. The number of hydrogen-bond acceptors (Lipinski definition) is 4. The smallest absolute Gasteiger partial charge is 0.338 e. The van der Waals surface area contributed by atoms with Crippen molar-refractivity contribution >= 4 is 12.0 Å². The van der Waals surface area contributed by atoms with Crippen LogP contribution in [-0.2, 0) is 9.53 Å². The first-order valence-electron chi connectivity index (χ1n) is 9.70. The normalized spacial score (nSPS) is 25.4. The Morgan fingerprint density at radius 1 is 1.15 bits per heavy atom. The Kier molecular flexibility index (Phi) is 6.04. The van der Waals surface area contributed by atoms with Crippen molar-refractivity contribution in [1.82, 2.24) is 10.6 Å². The van der Waals surface area contributed by atoms with Crippen molar-refractivity contribution in [2.45, 2.75) is 58.6 Å². The van der Waals surface area contributed by atoms with Crippen molar-refractivity contribution in [2.75, 3.05) is 6.61 Å². The molecule has 2 aliphatic rings. The zero-order valence-electron chi connectivity index (χ0n) is 16.2. The molecular weight excluding hydrogens is 344 g/mol. The molecular formula is C21H28N2O4. The summed E-state index contributed by atoms with van der Waals surface area (Å²) in [5.41, 5.74) is 1.81. The molecule has 6 heteroatoms. The third kappa shape index (κ3) is 4.62. The standard InChI is InChI=1S/C21H28N2O4/c1-4-26-16-11-7-15(8-12-16)19-18(14(3)22-21(25)23-19)20(24)27-17-9-5-13(2)6-10-17/h7-8,11-13,17,19H,4-6,9-10H2,1-3H3,(H2,22,23,25)/t13?,17?,19-/m1/s1. The number of esters is 1. The molecule has 0 spiro atoms. The van der Waals surface area contributed by atoms with Gasteiger partial charge in [-0.25, -0.2) is 9.59 Å². The Balaban J connectivity index is 1.79. The number of amides is 2. The van der Waals surface area contributed by atoms with Gasteiger partial charge in [-0.2, -0.15) is 0 Å². The summed E-state index contributed by atoms with van der Waals surface area (Å²) in [5.74, 6) is 1.08. The van der Waals surface area contributed by atoms with E-state index >= 15 is 0 Å². The van der Waals surface area contributed by atoms with Gasteiger partial charge in [-0.1, -0.05) is 19.1 Å². The molecule has 0 unspecified atom stereocenters. The fourth-order valence-electron chi connectivity index (χ4n) is 3.70. The van der Waals surface area contributed by atoms with Crippen LogP contribution in [0.2, 0.25) is 0 Å². The summed E-state index contributed by atoms with van der Waals surface area (Å²) < 4.78 is 11.3. The summed E-state index contributed by atoms with van der Waals surface area (Å²) in [6.07, 6.45) is 3.90. The molecule has 1 aromatic rings. The van der Waals surface area contributed by atoms with Crippen LogP contribution in [0.5, 0.6) is 5.75 Å². The van der Waals surface area contributed by atoms with Gasteiger partial charge >= 0.3 is 12.0 Å². The predicted octanol–water partition coefficient (Wildman–Crippen LogP) is 3.84. The van der Waals surface area contributed by atoms with E-state index in [-0.39, 0.29) is 18.1 Å². The van der Waals surface area contributed by atoms with E-state index in [0.717, 1.165) is 37.0 Å². The SMILES string of the molecule is CCOc1ccc([C@H]2NC(=O)NC(C)=C2C(=O)OC2CCC(C)CC2)cc1. The van der Waals surface area contributed by atoms with E-state index in [1.54, 1.807) is 6.92 Å². The first-order chi connectivity index (χ1) is 13.0. The number of allylic oxidation sites excluding steroid dienone is 1.